The minimum atomic E-state index is -3.53. The van der Waals surface area contributed by atoms with Crippen molar-refractivity contribution in [1.82, 2.24) is 4.98 Å². The molecule has 0 saturated carbocycles. The highest BCUT2D eigenvalue weighted by Crippen LogP contribution is 2.18. The molecule has 0 aliphatic rings. The molecule has 0 unspecified atom stereocenters. The molecule has 3 aromatic rings. The number of aromatic nitrogens is 1. The SMILES string of the molecule is COc1cccc(CCS(=O)(=O)Nc2ccc3oc(=O)[nH]c3c2)c1. The highest BCUT2D eigenvalue weighted by Gasteiger charge is 2.12. The standard InChI is InChI=1S/C16H16N2O5S/c1-22-13-4-2-3-11(9-13)7-8-24(20,21)18-12-5-6-15-14(10-12)17-16(19)23-15/h2-6,9-10,18H,7-8H2,1H3,(H,17,19). The van der Waals surface area contributed by atoms with E-state index in [4.69, 9.17) is 9.15 Å². The molecule has 0 spiro atoms. The first-order chi connectivity index (χ1) is 11.4. The van der Waals surface area contributed by atoms with Crippen LogP contribution in [0.1, 0.15) is 5.56 Å². The molecule has 0 aliphatic heterocycles. The van der Waals surface area contributed by atoms with E-state index in [2.05, 4.69) is 9.71 Å². The molecule has 24 heavy (non-hydrogen) atoms. The van der Waals surface area contributed by atoms with Crippen LogP contribution in [0.2, 0.25) is 0 Å². The topological polar surface area (TPSA) is 101 Å². The van der Waals surface area contributed by atoms with E-state index in [1.165, 1.54) is 12.1 Å². The fraction of sp³-hybridized carbons (Fsp3) is 0.188. The molecule has 0 aliphatic carbocycles. The Labute approximate surface area is 138 Å². The van der Waals surface area contributed by atoms with Gasteiger partial charge in [0.1, 0.15) is 5.75 Å². The van der Waals surface area contributed by atoms with Gasteiger partial charge in [-0.1, -0.05) is 12.1 Å². The molecule has 0 atom stereocenters. The van der Waals surface area contributed by atoms with Gasteiger partial charge in [-0.2, -0.15) is 0 Å². The quantitative estimate of drug-likeness (QED) is 0.710. The second-order valence-electron chi connectivity index (χ2n) is 5.25. The lowest BCUT2D eigenvalue weighted by Gasteiger charge is -2.08. The van der Waals surface area contributed by atoms with Crippen LogP contribution < -0.4 is 15.2 Å². The number of nitrogens with one attached hydrogen (secondary N) is 2. The number of H-pyrrole nitrogens is 1. The summed E-state index contributed by atoms with van der Waals surface area (Å²) in [6.07, 6.45) is 0.358. The van der Waals surface area contributed by atoms with Gasteiger partial charge in [0.2, 0.25) is 10.0 Å². The molecular formula is C16H16N2O5S. The molecule has 2 N–H and O–H groups in total. The summed E-state index contributed by atoms with van der Waals surface area (Å²) in [7, 11) is -1.96. The zero-order valence-corrected chi connectivity index (χ0v) is 13.7. The molecule has 0 fully saturated rings. The van der Waals surface area contributed by atoms with Crippen LogP contribution in [0.5, 0.6) is 5.75 Å². The molecule has 1 heterocycles. The van der Waals surface area contributed by atoms with Crippen LogP contribution in [-0.4, -0.2) is 26.3 Å². The van der Waals surface area contributed by atoms with Gasteiger partial charge in [0.25, 0.3) is 0 Å². The summed E-state index contributed by atoms with van der Waals surface area (Å²) in [5.74, 6) is 0.0374. The van der Waals surface area contributed by atoms with Gasteiger partial charge in [0.05, 0.1) is 24.1 Å². The van der Waals surface area contributed by atoms with Crippen molar-refractivity contribution in [3.8, 4) is 5.75 Å². The lowest BCUT2D eigenvalue weighted by molar-refractivity contribution is 0.414. The third-order valence-corrected chi connectivity index (χ3v) is 4.77. The number of aromatic amines is 1. The van der Waals surface area contributed by atoms with Gasteiger partial charge in [-0.15, -0.1) is 0 Å². The first-order valence-electron chi connectivity index (χ1n) is 7.21. The largest absolute Gasteiger partial charge is 0.497 e. The Kier molecular flexibility index (Phi) is 4.30. The Hall–Kier alpha value is -2.74. The van der Waals surface area contributed by atoms with Gasteiger partial charge >= 0.3 is 5.76 Å². The maximum absolute atomic E-state index is 12.2. The van der Waals surface area contributed by atoms with E-state index in [9.17, 15) is 13.2 Å². The number of fused-ring (bicyclic) bond motifs is 1. The molecule has 0 radical (unpaired) electrons. The van der Waals surface area contributed by atoms with Gasteiger partial charge < -0.3 is 9.15 Å². The third kappa shape index (κ3) is 3.77. The first-order valence-corrected chi connectivity index (χ1v) is 8.87. The molecule has 0 bridgehead atoms. The summed E-state index contributed by atoms with van der Waals surface area (Å²) >= 11 is 0. The highest BCUT2D eigenvalue weighted by atomic mass is 32.2. The molecular weight excluding hydrogens is 332 g/mol. The van der Waals surface area contributed by atoms with Crippen molar-refractivity contribution >= 4 is 26.8 Å². The van der Waals surface area contributed by atoms with Crippen molar-refractivity contribution in [3.05, 3.63) is 58.6 Å². The Morgan fingerprint density at radius 2 is 2.04 bits per heavy atom. The third-order valence-electron chi connectivity index (χ3n) is 3.49. The first kappa shape index (κ1) is 16.1. The lowest BCUT2D eigenvalue weighted by atomic mass is 10.2. The number of rotatable bonds is 6. The predicted molar refractivity (Wildman–Crippen MR) is 90.9 cm³/mol. The van der Waals surface area contributed by atoms with Crippen molar-refractivity contribution < 1.29 is 17.6 Å². The van der Waals surface area contributed by atoms with E-state index in [1.807, 2.05) is 12.1 Å². The molecule has 7 nitrogen and oxygen atoms in total. The van der Waals surface area contributed by atoms with E-state index in [0.717, 1.165) is 5.56 Å². The zero-order valence-electron chi connectivity index (χ0n) is 12.9. The molecule has 3 rings (SSSR count). The fourth-order valence-electron chi connectivity index (χ4n) is 2.33. The number of anilines is 1. The molecule has 0 saturated heterocycles. The summed E-state index contributed by atoms with van der Waals surface area (Å²) in [5, 5.41) is 0. The minimum Gasteiger partial charge on any atom is -0.497 e. The fourth-order valence-corrected chi connectivity index (χ4v) is 3.42. The Morgan fingerprint density at radius 1 is 1.21 bits per heavy atom. The van der Waals surface area contributed by atoms with E-state index < -0.39 is 15.8 Å². The van der Waals surface area contributed by atoms with Gasteiger partial charge in [-0.3, -0.25) is 9.71 Å². The number of hydrogen-bond acceptors (Lipinski definition) is 5. The number of aryl methyl sites for hydroxylation is 1. The Morgan fingerprint density at radius 3 is 2.83 bits per heavy atom. The number of oxazole rings is 1. The van der Waals surface area contributed by atoms with Crippen LogP contribution >= 0.6 is 0 Å². The number of hydrogen-bond donors (Lipinski definition) is 2. The van der Waals surface area contributed by atoms with Crippen molar-refractivity contribution in [3.63, 3.8) is 0 Å². The smallest absolute Gasteiger partial charge is 0.417 e. The average Bonchev–Trinajstić information content (AvgIpc) is 2.92. The molecule has 126 valence electrons. The molecule has 8 heteroatoms. The summed E-state index contributed by atoms with van der Waals surface area (Å²) in [5.41, 5.74) is 2.05. The van der Waals surface area contributed by atoms with Crippen LogP contribution in [-0.2, 0) is 16.4 Å². The number of benzene rings is 2. The number of sulfonamides is 1. The van der Waals surface area contributed by atoms with Gasteiger partial charge in [0, 0.05) is 0 Å². The van der Waals surface area contributed by atoms with Crippen molar-refractivity contribution in [2.45, 2.75) is 6.42 Å². The highest BCUT2D eigenvalue weighted by molar-refractivity contribution is 7.92. The van der Waals surface area contributed by atoms with Gasteiger partial charge in [-0.25, -0.2) is 13.2 Å². The number of methoxy groups -OCH3 is 1. The van der Waals surface area contributed by atoms with Crippen LogP contribution in [0.15, 0.2) is 51.7 Å². The van der Waals surface area contributed by atoms with Gasteiger partial charge in [-0.05, 0) is 42.3 Å². The summed E-state index contributed by atoms with van der Waals surface area (Å²) in [4.78, 5) is 13.6. The lowest BCUT2D eigenvalue weighted by Crippen LogP contribution is -2.18. The van der Waals surface area contributed by atoms with Crippen molar-refractivity contribution in [2.24, 2.45) is 0 Å². The average molecular weight is 348 g/mol. The van der Waals surface area contributed by atoms with Crippen molar-refractivity contribution in [1.29, 1.82) is 0 Å². The van der Waals surface area contributed by atoms with Crippen LogP contribution in [0.4, 0.5) is 5.69 Å². The summed E-state index contributed by atoms with van der Waals surface area (Å²) in [6.45, 7) is 0. The van der Waals surface area contributed by atoms with E-state index in [1.54, 1.807) is 25.3 Å². The van der Waals surface area contributed by atoms with Crippen LogP contribution in [0, 0.1) is 0 Å². The summed E-state index contributed by atoms with van der Waals surface area (Å²) in [6, 6.07) is 11.9. The Balaban J connectivity index is 1.71. The molecule has 1 aromatic heterocycles. The normalized spacial score (nSPS) is 11.5. The maximum Gasteiger partial charge on any atom is 0.417 e. The minimum absolute atomic E-state index is 0.0693. The Bertz CT molecular complexity index is 1020. The second kappa shape index (κ2) is 6.40. The van der Waals surface area contributed by atoms with Gasteiger partial charge in [0.15, 0.2) is 5.58 Å². The van der Waals surface area contributed by atoms with E-state index >= 15 is 0 Å². The van der Waals surface area contributed by atoms with E-state index in [0.29, 0.717) is 29.0 Å². The van der Waals surface area contributed by atoms with Crippen LogP contribution in [0.25, 0.3) is 11.1 Å². The molecule has 2 aromatic carbocycles. The van der Waals surface area contributed by atoms with E-state index in [-0.39, 0.29) is 5.75 Å². The predicted octanol–water partition coefficient (Wildman–Crippen LogP) is 2.11. The maximum atomic E-state index is 12.2. The van der Waals surface area contributed by atoms with Crippen LogP contribution in [0.3, 0.4) is 0 Å². The van der Waals surface area contributed by atoms with Crippen molar-refractivity contribution in [2.75, 3.05) is 17.6 Å². The summed E-state index contributed by atoms with van der Waals surface area (Å²) < 4.78 is 37.0. The number of ether oxygens (including phenoxy) is 1. The molecule has 0 amide bonds. The monoisotopic (exact) mass is 348 g/mol. The second-order valence-corrected chi connectivity index (χ2v) is 7.09. The zero-order chi connectivity index (χ0) is 17.2.